The Morgan fingerprint density at radius 1 is 1.43 bits per heavy atom. The fourth-order valence-electron chi connectivity index (χ4n) is 2.11. The second-order valence-corrected chi connectivity index (χ2v) is 4.00. The molecule has 3 heteroatoms. The lowest BCUT2D eigenvalue weighted by Gasteiger charge is -2.41. The molecule has 76 valence electrons. The predicted octanol–water partition coefficient (Wildman–Crippen LogP) is 1.91. The smallest absolute Gasteiger partial charge is 0.127 e. The minimum Gasteiger partial charge on any atom is -0.508 e. The number of hydrogen-bond acceptors (Lipinski definition) is 2. The van der Waals surface area contributed by atoms with Crippen molar-refractivity contribution in [1.29, 1.82) is 0 Å². The van der Waals surface area contributed by atoms with Crippen LogP contribution in [-0.2, 0) is 5.41 Å². The summed E-state index contributed by atoms with van der Waals surface area (Å²) in [6.45, 7) is 0.452. The van der Waals surface area contributed by atoms with Gasteiger partial charge in [-0.3, -0.25) is 0 Å². The monoisotopic (exact) mass is 195 g/mol. The van der Waals surface area contributed by atoms with Crippen molar-refractivity contribution in [3.8, 4) is 5.75 Å². The van der Waals surface area contributed by atoms with Crippen LogP contribution in [0.2, 0.25) is 0 Å². The first-order valence-electron chi connectivity index (χ1n) is 4.87. The van der Waals surface area contributed by atoms with E-state index in [2.05, 4.69) is 0 Å². The number of hydrogen-bond donors (Lipinski definition) is 2. The highest BCUT2D eigenvalue weighted by atomic mass is 19.1. The summed E-state index contributed by atoms with van der Waals surface area (Å²) < 4.78 is 13.5. The molecule has 1 aromatic rings. The molecule has 3 N–H and O–H groups in total. The molecule has 0 saturated heterocycles. The van der Waals surface area contributed by atoms with Crippen molar-refractivity contribution >= 4 is 0 Å². The van der Waals surface area contributed by atoms with Crippen LogP contribution in [0.3, 0.4) is 0 Å². The van der Waals surface area contributed by atoms with Crippen LogP contribution in [0.25, 0.3) is 0 Å². The molecule has 1 aromatic carbocycles. The van der Waals surface area contributed by atoms with Crippen LogP contribution in [0, 0.1) is 5.82 Å². The molecule has 0 bridgehead atoms. The first kappa shape index (κ1) is 9.46. The number of nitrogens with two attached hydrogens (primary N) is 1. The molecule has 2 nitrogen and oxygen atoms in total. The van der Waals surface area contributed by atoms with Gasteiger partial charge in [-0.1, -0.05) is 6.42 Å². The third-order valence-electron chi connectivity index (χ3n) is 3.22. The lowest BCUT2D eigenvalue weighted by Crippen LogP contribution is -2.42. The van der Waals surface area contributed by atoms with Gasteiger partial charge >= 0.3 is 0 Å². The number of rotatable bonds is 2. The molecule has 0 aliphatic heterocycles. The number of phenolic OH excluding ortho intramolecular Hbond substituents is 1. The average Bonchev–Trinajstić information content (AvgIpc) is 2.10. The van der Waals surface area contributed by atoms with E-state index in [9.17, 15) is 9.50 Å². The number of phenols is 1. The molecule has 0 unspecified atom stereocenters. The maximum atomic E-state index is 13.5. The third kappa shape index (κ3) is 1.28. The van der Waals surface area contributed by atoms with Crippen LogP contribution in [-0.4, -0.2) is 11.7 Å². The Labute approximate surface area is 82.5 Å². The van der Waals surface area contributed by atoms with Gasteiger partial charge in [0, 0.05) is 12.0 Å². The molecule has 1 aliphatic rings. The van der Waals surface area contributed by atoms with Gasteiger partial charge in [0.15, 0.2) is 0 Å². The van der Waals surface area contributed by atoms with Gasteiger partial charge in [-0.25, -0.2) is 4.39 Å². The van der Waals surface area contributed by atoms with E-state index in [1.54, 1.807) is 0 Å². The molecule has 14 heavy (non-hydrogen) atoms. The summed E-state index contributed by atoms with van der Waals surface area (Å²) in [4.78, 5) is 0. The molecule has 1 aliphatic carbocycles. The van der Waals surface area contributed by atoms with Crippen molar-refractivity contribution in [2.45, 2.75) is 24.7 Å². The Bertz CT molecular complexity index is 342. The van der Waals surface area contributed by atoms with E-state index < -0.39 is 0 Å². The zero-order valence-electron chi connectivity index (χ0n) is 7.96. The summed E-state index contributed by atoms with van der Waals surface area (Å²) in [5.41, 5.74) is 6.03. The summed E-state index contributed by atoms with van der Waals surface area (Å²) in [6, 6.07) is 4.17. The molecule has 0 aromatic heterocycles. The summed E-state index contributed by atoms with van der Waals surface area (Å²) in [7, 11) is 0. The summed E-state index contributed by atoms with van der Waals surface area (Å²) in [5.74, 6) is -0.144. The van der Waals surface area contributed by atoms with Crippen molar-refractivity contribution < 1.29 is 9.50 Å². The van der Waals surface area contributed by atoms with Gasteiger partial charge in [-0.2, -0.15) is 0 Å². The second kappa shape index (κ2) is 3.24. The number of halogens is 1. The summed E-state index contributed by atoms with van der Waals surface area (Å²) in [6.07, 6.45) is 2.93. The molecular formula is C11H14FNO. The molecule has 0 radical (unpaired) electrons. The fourth-order valence-corrected chi connectivity index (χ4v) is 2.11. The minimum absolute atomic E-state index is 0.112. The van der Waals surface area contributed by atoms with E-state index in [1.807, 2.05) is 0 Å². The summed E-state index contributed by atoms with van der Waals surface area (Å²) in [5, 5.41) is 9.31. The highest BCUT2D eigenvalue weighted by molar-refractivity contribution is 5.36. The van der Waals surface area contributed by atoms with E-state index >= 15 is 0 Å². The fraction of sp³-hybridized carbons (Fsp3) is 0.455. The molecule has 0 atom stereocenters. The Morgan fingerprint density at radius 3 is 2.64 bits per heavy atom. The van der Waals surface area contributed by atoms with E-state index in [-0.39, 0.29) is 17.0 Å². The van der Waals surface area contributed by atoms with Crippen LogP contribution in [0.4, 0.5) is 4.39 Å². The minimum atomic E-state index is -0.257. The van der Waals surface area contributed by atoms with Crippen molar-refractivity contribution in [3.63, 3.8) is 0 Å². The topological polar surface area (TPSA) is 46.2 Å². The van der Waals surface area contributed by atoms with Crippen molar-refractivity contribution in [2.75, 3.05) is 6.54 Å². The first-order valence-corrected chi connectivity index (χ1v) is 4.87. The van der Waals surface area contributed by atoms with Gasteiger partial charge in [0.05, 0.1) is 0 Å². The zero-order valence-corrected chi connectivity index (χ0v) is 7.96. The van der Waals surface area contributed by atoms with Crippen LogP contribution < -0.4 is 5.73 Å². The van der Waals surface area contributed by atoms with E-state index in [0.29, 0.717) is 12.1 Å². The normalized spacial score (nSPS) is 19.0. The highest BCUT2D eigenvalue weighted by Crippen LogP contribution is 2.44. The Kier molecular flexibility index (Phi) is 2.19. The van der Waals surface area contributed by atoms with E-state index in [1.165, 1.54) is 18.2 Å². The predicted molar refractivity (Wildman–Crippen MR) is 52.6 cm³/mol. The zero-order chi connectivity index (χ0) is 10.2. The second-order valence-electron chi connectivity index (χ2n) is 4.00. The van der Waals surface area contributed by atoms with Crippen molar-refractivity contribution in [2.24, 2.45) is 5.73 Å². The first-order chi connectivity index (χ1) is 6.68. The maximum Gasteiger partial charge on any atom is 0.127 e. The highest BCUT2D eigenvalue weighted by Gasteiger charge is 2.39. The SMILES string of the molecule is NCC1(c2cc(O)ccc2F)CCC1. The van der Waals surface area contributed by atoms with E-state index in [0.717, 1.165) is 19.3 Å². The van der Waals surface area contributed by atoms with Crippen molar-refractivity contribution in [3.05, 3.63) is 29.6 Å². The molecule has 0 heterocycles. The van der Waals surface area contributed by atoms with Gasteiger partial charge in [-0.05, 0) is 36.6 Å². The van der Waals surface area contributed by atoms with Gasteiger partial charge in [0.1, 0.15) is 11.6 Å². The molecule has 1 saturated carbocycles. The van der Waals surface area contributed by atoms with Crippen LogP contribution >= 0.6 is 0 Å². The maximum absolute atomic E-state index is 13.5. The molecule has 1 fully saturated rings. The van der Waals surface area contributed by atoms with Crippen LogP contribution in [0.1, 0.15) is 24.8 Å². The van der Waals surface area contributed by atoms with Gasteiger partial charge < -0.3 is 10.8 Å². The largest absolute Gasteiger partial charge is 0.508 e. The average molecular weight is 195 g/mol. The number of benzene rings is 1. The number of aromatic hydroxyl groups is 1. The Morgan fingerprint density at radius 2 is 2.14 bits per heavy atom. The van der Waals surface area contributed by atoms with Gasteiger partial charge in [-0.15, -0.1) is 0 Å². The van der Waals surface area contributed by atoms with E-state index in [4.69, 9.17) is 5.73 Å². The molecule has 2 rings (SSSR count). The standard InChI is InChI=1S/C11H14FNO/c12-10-3-2-8(14)6-9(10)11(7-13)4-1-5-11/h2-3,6,14H,1,4-5,7,13H2. The molecule has 0 amide bonds. The van der Waals surface area contributed by atoms with Crippen LogP contribution in [0.5, 0.6) is 5.75 Å². The Balaban J connectivity index is 2.43. The van der Waals surface area contributed by atoms with Gasteiger partial charge in [0.2, 0.25) is 0 Å². The molecule has 0 spiro atoms. The third-order valence-corrected chi connectivity index (χ3v) is 3.22. The summed E-state index contributed by atoms with van der Waals surface area (Å²) >= 11 is 0. The van der Waals surface area contributed by atoms with Gasteiger partial charge in [0.25, 0.3) is 0 Å². The Hall–Kier alpha value is -1.09. The van der Waals surface area contributed by atoms with Crippen molar-refractivity contribution in [1.82, 2.24) is 0 Å². The lowest BCUT2D eigenvalue weighted by molar-refractivity contribution is 0.244. The quantitative estimate of drug-likeness (QED) is 0.757. The van der Waals surface area contributed by atoms with Crippen LogP contribution in [0.15, 0.2) is 18.2 Å². The lowest BCUT2D eigenvalue weighted by atomic mass is 9.64. The molecular weight excluding hydrogens is 181 g/mol.